The van der Waals surface area contributed by atoms with Crippen LogP contribution in [0.2, 0.25) is 0 Å². The summed E-state index contributed by atoms with van der Waals surface area (Å²) in [5.41, 5.74) is 0.220. The smallest absolute Gasteiger partial charge is 0.137 e. The van der Waals surface area contributed by atoms with Crippen LogP contribution in [0.3, 0.4) is 0 Å². The minimum Gasteiger partial charge on any atom is -0.492 e. The van der Waals surface area contributed by atoms with E-state index in [1.807, 2.05) is 6.07 Å². The van der Waals surface area contributed by atoms with Crippen LogP contribution in [0.25, 0.3) is 0 Å². The Morgan fingerprint density at radius 2 is 2.25 bits per heavy atom. The SMILES string of the molecule is CCCOc1cncc(C2(O)CC(C)C2)c1. The first-order chi connectivity index (χ1) is 7.64. The van der Waals surface area contributed by atoms with Gasteiger partial charge in [0.25, 0.3) is 0 Å². The zero-order valence-electron chi connectivity index (χ0n) is 9.94. The first-order valence-corrected chi connectivity index (χ1v) is 5.95. The Kier molecular flexibility index (Phi) is 3.15. The molecule has 16 heavy (non-hydrogen) atoms. The number of nitrogens with zero attached hydrogens (tertiary/aromatic N) is 1. The molecular weight excluding hydrogens is 202 g/mol. The van der Waals surface area contributed by atoms with Gasteiger partial charge in [-0.1, -0.05) is 13.8 Å². The van der Waals surface area contributed by atoms with Gasteiger partial charge in [0.15, 0.2) is 0 Å². The Morgan fingerprint density at radius 3 is 2.88 bits per heavy atom. The third kappa shape index (κ3) is 2.19. The summed E-state index contributed by atoms with van der Waals surface area (Å²) in [4.78, 5) is 4.13. The van der Waals surface area contributed by atoms with Gasteiger partial charge in [-0.15, -0.1) is 0 Å². The molecule has 1 aromatic rings. The Bertz CT molecular complexity index is 359. The molecular formula is C13H19NO2. The van der Waals surface area contributed by atoms with Gasteiger partial charge in [-0.25, -0.2) is 0 Å². The molecule has 0 unspecified atom stereocenters. The maximum absolute atomic E-state index is 10.3. The summed E-state index contributed by atoms with van der Waals surface area (Å²) in [6.45, 7) is 4.91. The third-order valence-corrected chi connectivity index (χ3v) is 3.10. The molecule has 0 aromatic carbocycles. The van der Waals surface area contributed by atoms with Crippen molar-refractivity contribution in [2.45, 2.75) is 38.7 Å². The number of pyridine rings is 1. The highest BCUT2D eigenvalue weighted by Crippen LogP contribution is 2.45. The highest BCUT2D eigenvalue weighted by Gasteiger charge is 2.41. The van der Waals surface area contributed by atoms with Gasteiger partial charge < -0.3 is 9.84 Å². The lowest BCUT2D eigenvalue weighted by Crippen LogP contribution is -2.39. The molecule has 88 valence electrons. The van der Waals surface area contributed by atoms with Crippen molar-refractivity contribution in [3.63, 3.8) is 0 Å². The number of aromatic nitrogens is 1. The maximum Gasteiger partial charge on any atom is 0.137 e. The summed E-state index contributed by atoms with van der Waals surface area (Å²) < 4.78 is 5.51. The van der Waals surface area contributed by atoms with E-state index >= 15 is 0 Å². The average Bonchev–Trinajstić information content (AvgIpc) is 2.25. The lowest BCUT2D eigenvalue weighted by Gasteiger charge is -2.42. The number of ether oxygens (including phenoxy) is 1. The van der Waals surface area contributed by atoms with Crippen molar-refractivity contribution >= 4 is 0 Å². The molecule has 0 bridgehead atoms. The van der Waals surface area contributed by atoms with E-state index in [0.717, 1.165) is 30.6 Å². The van der Waals surface area contributed by atoms with E-state index < -0.39 is 5.60 Å². The quantitative estimate of drug-likeness (QED) is 0.849. The zero-order valence-corrected chi connectivity index (χ0v) is 9.94. The predicted molar refractivity (Wildman–Crippen MR) is 62.3 cm³/mol. The molecule has 0 spiro atoms. The normalized spacial score (nSPS) is 28.6. The van der Waals surface area contributed by atoms with Crippen molar-refractivity contribution in [1.29, 1.82) is 0 Å². The van der Waals surface area contributed by atoms with E-state index in [1.165, 1.54) is 0 Å². The van der Waals surface area contributed by atoms with Gasteiger partial charge in [-0.3, -0.25) is 4.98 Å². The lowest BCUT2D eigenvalue weighted by molar-refractivity contribution is -0.0742. The largest absolute Gasteiger partial charge is 0.492 e. The van der Waals surface area contributed by atoms with Gasteiger partial charge in [-0.05, 0) is 31.2 Å². The van der Waals surface area contributed by atoms with E-state index in [-0.39, 0.29) is 0 Å². The standard InChI is InChI=1S/C13H19NO2/c1-3-4-16-12-5-11(8-14-9-12)13(15)6-10(2)7-13/h5,8-10,15H,3-4,6-7H2,1-2H3. The van der Waals surface area contributed by atoms with Crippen molar-refractivity contribution in [3.8, 4) is 5.75 Å². The van der Waals surface area contributed by atoms with Gasteiger partial charge in [-0.2, -0.15) is 0 Å². The summed E-state index contributed by atoms with van der Waals surface area (Å²) in [6, 6.07) is 1.91. The van der Waals surface area contributed by atoms with Crippen molar-refractivity contribution in [2.24, 2.45) is 5.92 Å². The Labute approximate surface area is 96.5 Å². The first kappa shape index (κ1) is 11.4. The topological polar surface area (TPSA) is 42.4 Å². The van der Waals surface area contributed by atoms with E-state index in [1.54, 1.807) is 12.4 Å². The van der Waals surface area contributed by atoms with Gasteiger partial charge >= 0.3 is 0 Å². The fourth-order valence-corrected chi connectivity index (χ4v) is 2.30. The van der Waals surface area contributed by atoms with Crippen LogP contribution in [0.5, 0.6) is 5.75 Å². The lowest BCUT2D eigenvalue weighted by atomic mass is 9.69. The molecule has 3 nitrogen and oxygen atoms in total. The monoisotopic (exact) mass is 221 g/mol. The minimum atomic E-state index is -0.669. The Balaban J connectivity index is 2.10. The molecule has 0 radical (unpaired) electrons. The number of rotatable bonds is 4. The first-order valence-electron chi connectivity index (χ1n) is 5.95. The highest BCUT2D eigenvalue weighted by atomic mass is 16.5. The van der Waals surface area contributed by atoms with Crippen LogP contribution < -0.4 is 4.74 Å². The molecule has 0 aliphatic heterocycles. The van der Waals surface area contributed by atoms with Crippen LogP contribution >= 0.6 is 0 Å². The summed E-state index contributed by atoms with van der Waals surface area (Å²) >= 11 is 0. The minimum absolute atomic E-state index is 0.602. The Hall–Kier alpha value is -1.09. The number of aliphatic hydroxyl groups is 1. The molecule has 1 aliphatic carbocycles. The molecule has 1 saturated carbocycles. The van der Waals surface area contributed by atoms with Crippen molar-refractivity contribution in [1.82, 2.24) is 4.98 Å². The second kappa shape index (κ2) is 4.42. The van der Waals surface area contributed by atoms with Crippen LogP contribution in [-0.2, 0) is 5.60 Å². The van der Waals surface area contributed by atoms with Crippen molar-refractivity contribution in [3.05, 3.63) is 24.0 Å². The molecule has 1 aromatic heterocycles. The molecule has 3 heteroatoms. The summed E-state index contributed by atoms with van der Waals surface area (Å²) in [5, 5.41) is 10.3. The van der Waals surface area contributed by atoms with Crippen LogP contribution in [0.4, 0.5) is 0 Å². The number of hydrogen-bond acceptors (Lipinski definition) is 3. The van der Waals surface area contributed by atoms with Gasteiger partial charge in [0.05, 0.1) is 18.4 Å². The predicted octanol–water partition coefficient (Wildman–Crippen LogP) is 2.49. The van der Waals surface area contributed by atoms with Crippen LogP contribution in [0, 0.1) is 5.92 Å². The molecule has 0 amide bonds. The summed E-state index contributed by atoms with van der Waals surface area (Å²) in [6.07, 6.45) is 6.07. The fraction of sp³-hybridized carbons (Fsp3) is 0.615. The maximum atomic E-state index is 10.3. The second-order valence-electron chi connectivity index (χ2n) is 4.80. The van der Waals surface area contributed by atoms with E-state index in [9.17, 15) is 5.11 Å². The molecule has 1 aliphatic rings. The van der Waals surface area contributed by atoms with E-state index in [4.69, 9.17) is 4.74 Å². The summed E-state index contributed by atoms with van der Waals surface area (Å²) in [7, 11) is 0. The van der Waals surface area contributed by atoms with E-state index in [0.29, 0.717) is 12.5 Å². The highest BCUT2D eigenvalue weighted by molar-refractivity contribution is 5.29. The number of hydrogen-bond donors (Lipinski definition) is 1. The van der Waals surface area contributed by atoms with Gasteiger partial charge in [0.2, 0.25) is 0 Å². The van der Waals surface area contributed by atoms with Crippen molar-refractivity contribution in [2.75, 3.05) is 6.61 Å². The van der Waals surface area contributed by atoms with Gasteiger partial charge in [0, 0.05) is 11.8 Å². The average molecular weight is 221 g/mol. The Morgan fingerprint density at radius 1 is 1.50 bits per heavy atom. The zero-order chi connectivity index (χ0) is 11.6. The van der Waals surface area contributed by atoms with Crippen LogP contribution in [0.15, 0.2) is 18.5 Å². The van der Waals surface area contributed by atoms with Crippen LogP contribution in [0.1, 0.15) is 38.7 Å². The molecule has 0 saturated heterocycles. The van der Waals surface area contributed by atoms with Gasteiger partial charge in [0.1, 0.15) is 5.75 Å². The second-order valence-corrected chi connectivity index (χ2v) is 4.80. The molecule has 1 fully saturated rings. The van der Waals surface area contributed by atoms with E-state index in [2.05, 4.69) is 18.8 Å². The molecule has 2 rings (SSSR count). The summed E-state index contributed by atoms with van der Waals surface area (Å²) in [5.74, 6) is 1.36. The molecule has 1 heterocycles. The van der Waals surface area contributed by atoms with Crippen LogP contribution in [-0.4, -0.2) is 16.7 Å². The molecule has 1 N–H and O–H groups in total. The van der Waals surface area contributed by atoms with Crippen molar-refractivity contribution < 1.29 is 9.84 Å². The molecule has 0 atom stereocenters. The fourth-order valence-electron chi connectivity index (χ4n) is 2.30. The third-order valence-electron chi connectivity index (χ3n) is 3.10.